The fourth-order valence-corrected chi connectivity index (χ4v) is 1.44. The van der Waals surface area contributed by atoms with E-state index in [0.717, 1.165) is 0 Å². The molecule has 0 amide bonds. The molecule has 190 valence electrons. The van der Waals surface area contributed by atoms with E-state index in [0.29, 0.717) is 39.6 Å². The monoisotopic (exact) mass is 580 g/mol. The molecule has 0 saturated heterocycles. The van der Waals surface area contributed by atoms with Gasteiger partial charge in [0.2, 0.25) is 0 Å². The quantitative estimate of drug-likeness (QED) is 0.376. The largest absolute Gasteiger partial charge is 0.390 e. The minimum Gasteiger partial charge on any atom is -0.390 e. The third-order valence-electron chi connectivity index (χ3n) is 4.44. The van der Waals surface area contributed by atoms with Crippen molar-refractivity contribution in [2.75, 3.05) is 39.6 Å². The first-order valence-electron chi connectivity index (χ1n) is 11.2. The van der Waals surface area contributed by atoms with Gasteiger partial charge in [-0.3, -0.25) is 0 Å². The molecule has 31 heavy (non-hydrogen) atoms. The normalized spacial score (nSPS) is 14.8. The van der Waals surface area contributed by atoms with Crippen molar-refractivity contribution < 1.29 is 70.4 Å². The molecule has 0 radical (unpaired) electrons. The third-order valence-corrected chi connectivity index (χ3v) is 4.44. The fourth-order valence-electron chi connectivity index (χ4n) is 1.44. The minimum absolute atomic E-state index is 0. The molecule has 0 fully saturated rings. The Labute approximate surface area is 226 Å². The van der Waals surface area contributed by atoms with E-state index in [4.69, 9.17) is 14.2 Å². The second kappa shape index (κ2) is 20.5. The molecule has 3 atom stereocenters. The van der Waals surface area contributed by atoms with Gasteiger partial charge in [-0.05, 0) is 37.0 Å². The summed E-state index contributed by atoms with van der Waals surface area (Å²) in [6.45, 7) is 27.1. The second-order valence-electron chi connectivity index (χ2n) is 10.6. The van der Waals surface area contributed by atoms with Gasteiger partial charge in [-0.15, -0.1) is 0 Å². The van der Waals surface area contributed by atoms with Crippen molar-refractivity contribution in [2.24, 2.45) is 16.2 Å². The van der Waals surface area contributed by atoms with Gasteiger partial charge in [0.25, 0.3) is 0 Å². The maximum atomic E-state index is 9.39. The summed E-state index contributed by atoms with van der Waals surface area (Å²) >= 11 is 0. The molecule has 0 heterocycles. The Balaban J connectivity index is -0.000000174. The summed E-state index contributed by atoms with van der Waals surface area (Å²) < 4.78 is 15.2. The predicted octanol–water partition coefficient (Wildman–Crippen LogP) is 4.29. The summed E-state index contributed by atoms with van der Waals surface area (Å²) in [5.74, 6) is 0. The molecule has 0 aromatic heterocycles. The van der Waals surface area contributed by atoms with Crippen LogP contribution < -0.4 is 0 Å². The Bertz CT molecular complexity index is 315. The van der Waals surface area contributed by atoms with Crippen molar-refractivity contribution in [2.45, 2.75) is 101 Å². The predicted molar refractivity (Wildman–Crippen MR) is 126 cm³/mol. The molecule has 0 aliphatic rings. The van der Waals surface area contributed by atoms with Gasteiger partial charge in [-0.2, -0.15) is 0 Å². The number of aliphatic hydroxyl groups excluding tert-OH is 3. The van der Waals surface area contributed by atoms with E-state index in [9.17, 15) is 15.3 Å². The second-order valence-corrected chi connectivity index (χ2v) is 10.6. The summed E-state index contributed by atoms with van der Waals surface area (Å²) in [5, 5.41) is 28.2. The summed E-state index contributed by atoms with van der Waals surface area (Å²) in [4.78, 5) is 0. The molecule has 0 aromatic carbocycles. The standard InChI is InChI=1S/3C8H18O2.Nd/c3*1-5-10-6-7(9)8(2,3)4;/h3*7,9H,5-6H2,1-4H3;. The van der Waals surface area contributed by atoms with Crippen LogP contribution in [0.1, 0.15) is 83.1 Å². The van der Waals surface area contributed by atoms with Crippen LogP contribution in [0.3, 0.4) is 0 Å². The van der Waals surface area contributed by atoms with Crippen LogP contribution in [-0.2, 0) is 14.2 Å². The Hall–Kier alpha value is 1.11. The van der Waals surface area contributed by atoms with E-state index in [1.54, 1.807) is 0 Å². The average Bonchev–Trinajstić information content (AvgIpc) is 2.60. The van der Waals surface area contributed by atoms with Gasteiger partial charge < -0.3 is 29.5 Å². The average molecular weight is 583 g/mol. The van der Waals surface area contributed by atoms with Crippen molar-refractivity contribution in [3.63, 3.8) is 0 Å². The first-order valence-corrected chi connectivity index (χ1v) is 11.2. The summed E-state index contributed by atoms with van der Waals surface area (Å²) in [7, 11) is 0. The van der Waals surface area contributed by atoms with E-state index in [2.05, 4.69) is 0 Å². The first kappa shape index (κ1) is 39.3. The molecule has 0 aromatic rings. The van der Waals surface area contributed by atoms with Crippen molar-refractivity contribution in [3.05, 3.63) is 0 Å². The topological polar surface area (TPSA) is 88.4 Å². The minimum atomic E-state index is -0.354. The van der Waals surface area contributed by atoms with Crippen LogP contribution in [0.4, 0.5) is 0 Å². The summed E-state index contributed by atoms with van der Waals surface area (Å²) in [6.07, 6.45) is -1.06. The first-order chi connectivity index (χ1) is 13.4. The van der Waals surface area contributed by atoms with E-state index >= 15 is 0 Å². The SMILES string of the molecule is CCOCC(O)C(C)(C)C.CCOCC(O)C(C)(C)C.CCOCC(O)C(C)(C)C.[Nd]. The van der Waals surface area contributed by atoms with Crippen molar-refractivity contribution in [1.29, 1.82) is 0 Å². The van der Waals surface area contributed by atoms with Crippen LogP contribution in [0.5, 0.6) is 0 Å². The van der Waals surface area contributed by atoms with Gasteiger partial charge in [0, 0.05) is 60.7 Å². The number of ether oxygens (including phenoxy) is 3. The van der Waals surface area contributed by atoms with Crippen molar-refractivity contribution in [1.82, 2.24) is 0 Å². The number of rotatable bonds is 9. The Kier molecular flexibility index (Phi) is 26.0. The third kappa shape index (κ3) is 27.2. The Morgan fingerprint density at radius 2 is 0.645 bits per heavy atom. The van der Waals surface area contributed by atoms with E-state index in [1.165, 1.54) is 0 Å². The Morgan fingerprint density at radius 3 is 0.742 bits per heavy atom. The zero-order valence-electron chi connectivity index (χ0n) is 22.5. The Morgan fingerprint density at radius 1 is 0.484 bits per heavy atom. The van der Waals surface area contributed by atoms with Crippen LogP contribution in [0.25, 0.3) is 0 Å². The fraction of sp³-hybridized carbons (Fsp3) is 1.00. The molecule has 3 unspecified atom stereocenters. The van der Waals surface area contributed by atoms with Gasteiger partial charge in [0.15, 0.2) is 0 Å². The van der Waals surface area contributed by atoms with Gasteiger partial charge >= 0.3 is 0 Å². The van der Waals surface area contributed by atoms with Gasteiger partial charge in [-0.1, -0.05) is 62.3 Å². The summed E-state index contributed by atoms with van der Waals surface area (Å²) in [6, 6.07) is 0. The molecular formula is C24H54NdO6. The molecule has 3 N–H and O–H groups in total. The molecule has 0 bridgehead atoms. The summed E-state index contributed by atoms with van der Waals surface area (Å²) in [5.41, 5.74) is -0.181. The molecule has 0 rings (SSSR count). The van der Waals surface area contributed by atoms with Gasteiger partial charge in [0.1, 0.15) is 0 Å². The number of hydrogen-bond donors (Lipinski definition) is 3. The van der Waals surface area contributed by atoms with E-state index < -0.39 is 0 Å². The van der Waals surface area contributed by atoms with Crippen LogP contribution in [-0.4, -0.2) is 73.3 Å². The molecule has 0 aliphatic carbocycles. The molecule has 6 nitrogen and oxygen atoms in total. The molecule has 0 spiro atoms. The maximum Gasteiger partial charge on any atom is 0.0821 e. The van der Waals surface area contributed by atoms with E-state index in [1.807, 2.05) is 83.1 Å². The number of hydrogen-bond acceptors (Lipinski definition) is 6. The van der Waals surface area contributed by atoms with Crippen LogP contribution in [0, 0.1) is 57.1 Å². The van der Waals surface area contributed by atoms with Gasteiger partial charge in [0.05, 0.1) is 38.1 Å². The number of aliphatic hydroxyl groups is 3. The zero-order valence-corrected chi connectivity index (χ0v) is 25.7. The van der Waals surface area contributed by atoms with Crippen molar-refractivity contribution in [3.8, 4) is 0 Å². The molecular weight excluding hydrogens is 528 g/mol. The van der Waals surface area contributed by atoms with Crippen molar-refractivity contribution >= 4 is 0 Å². The van der Waals surface area contributed by atoms with Crippen LogP contribution in [0.2, 0.25) is 0 Å². The maximum absolute atomic E-state index is 9.39. The zero-order chi connectivity index (χ0) is 24.6. The van der Waals surface area contributed by atoms with Crippen LogP contribution in [0.15, 0.2) is 0 Å². The smallest absolute Gasteiger partial charge is 0.0821 e. The van der Waals surface area contributed by atoms with Gasteiger partial charge in [-0.25, -0.2) is 0 Å². The molecule has 0 saturated carbocycles. The van der Waals surface area contributed by atoms with Crippen LogP contribution >= 0.6 is 0 Å². The molecule has 0 aliphatic heterocycles. The van der Waals surface area contributed by atoms with E-state index in [-0.39, 0.29) is 75.4 Å². The molecule has 7 heteroatoms.